The number of nitrogens with one attached hydrogen (secondary N) is 1. The zero-order chi connectivity index (χ0) is 23.8. The molecule has 9 heteroatoms. The number of nitrogens with zero attached hydrogens (tertiary/aromatic N) is 1. The maximum Gasteiger partial charge on any atom is 0.343 e. The van der Waals surface area contributed by atoms with Crippen LogP contribution >= 0.6 is 11.6 Å². The lowest BCUT2D eigenvalue weighted by molar-refractivity contribution is -0.123. The van der Waals surface area contributed by atoms with Gasteiger partial charge in [-0.1, -0.05) is 17.7 Å². The van der Waals surface area contributed by atoms with Gasteiger partial charge in [-0.25, -0.2) is 14.6 Å². The van der Waals surface area contributed by atoms with E-state index < -0.39 is 17.7 Å². The topological polar surface area (TPSA) is 86.2 Å². The molecule has 1 amide bonds. The van der Waals surface area contributed by atoms with Crippen molar-refractivity contribution in [2.75, 3.05) is 13.7 Å². The van der Waals surface area contributed by atoms with Crippen LogP contribution in [0.5, 0.6) is 17.2 Å². The van der Waals surface area contributed by atoms with Gasteiger partial charge in [-0.2, -0.15) is 5.10 Å². The van der Waals surface area contributed by atoms with E-state index >= 15 is 0 Å². The number of benzene rings is 3. The Morgan fingerprint density at radius 2 is 1.91 bits per heavy atom. The minimum Gasteiger partial charge on any atom is -0.493 e. The first-order valence-corrected chi connectivity index (χ1v) is 10.1. The molecule has 0 aliphatic carbocycles. The molecular formula is C24H20ClFN2O5. The van der Waals surface area contributed by atoms with Crippen molar-refractivity contribution in [3.05, 3.63) is 88.2 Å². The Kier molecular flexibility index (Phi) is 7.99. The molecule has 0 saturated carbocycles. The van der Waals surface area contributed by atoms with Gasteiger partial charge in [-0.3, -0.25) is 4.79 Å². The van der Waals surface area contributed by atoms with Gasteiger partial charge in [0.1, 0.15) is 11.6 Å². The number of hydrogen-bond acceptors (Lipinski definition) is 6. The van der Waals surface area contributed by atoms with E-state index in [0.29, 0.717) is 16.3 Å². The zero-order valence-electron chi connectivity index (χ0n) is 17.8. The highest BCUT2D eigenvalue weighted by atomic mass is 35.5. The van der Waals surface area contributed by atoms with Gasteiger partial charge in [0.25, 0.3) is 5.91 Å². The Bertz CT molecular complexity index is 1200. The van der Waals surface area contributed by atoms with Crippen LogP contribution in [0.2, 0.25) is 5.02 Å². The maximum absolute atomic E-state index is 13.3. The second-order valence-electron chi connectivity index (χ2n) is 6.80. The second-order valence-corrected chi connectivity index (χ2v) is 7.21. The average Bonchev–Trinajstić information content (AvgIpc) is 2.80. The summed E-state index contributed by atoms with van der Waals surface area (Å²) in [6, 6.07) is 14.9. The van der Waals surface area contributed by atoms with Crippen LogP contribution in [0, 0.1) is 12.7 Å². The van der Waals surface area contributed by atoms with E-state index in [9.17, 15) is 14.0 Å². The molecule has 0 atom stereocenters. The molecular weight excluding hydrogens is 451 g/mol. The third-order valence-electron chi connectivity index (χ3n) is 4.35. The predicted molar refractivity (Wildman–Crippen MR) is 122 cm³/mol. The quantitative estimate of drug-likeness (QED) is 0.226. The predicted octanol–water partition coefficient (Wildman–Crippen LogP) is 4.54. The van der Waals surface area contributed by atoms with Gasteiger partial charge in [0.05, 0.1) is 18.9 Å². The molecule has 3 rings (SSSR count). The molecule has 0 bridgehead atoms. The molecule has 0 unspecified atom stereocenters. The van der Waals surface area contributed by atoms with Crippen molar-refractivity contribution in [1.82, 2.24) is 5.43 Å². The van der Waals surface area contributed by atoms with Crippen molar-refractivity contribution < 1.29 is 28.2 Å². The number of hydrogen-bond donors (Lipinski definition) is 1. The molecule has 3 aromatic rings. The van der Waals surface area contributed by atoms with Gasteiger partial charge >= 0.3 is 5.97 Å². The maximum atomic E-state index is 13.3. The van der Waals surface area contributed by atoms with E-state index in [2.05, 4.69) is 10.5 Å². The molecule has 0 fully saturated rings. The molecule has 7 nitrogen and oxygen atoms in total. The Hall–Kier alpha value is -3.91. The fourth-order valence-corrected chi connectivity index (χ4v) is 2.81. The Morgan fingerprint density at radius 3 is 2.64 bits per heavy atom. The van der Waals surface area contributed by atoms with Crippen molar-refractivity contribution in [2.24, 2.45) is 5.10 Å². The van der Waals surface area contributed by atoms with Crippen LogP contribution in [-0.4, -0.2) is 31.8 Å². The number of aryl methyl sites for hydroxylation is 1. The minimum atomic E-state index is -0.725. The number of hydrazone groups is 1. The van der Waals surface area contributed by atoms with Crippen LogP contribution in [0.1, 0.15) is 21.5 Å². The van der Waals surface area contributed by atoms with Crippen molar-refractivity contribution >= 4 is 29.7 Å². The van der Waals surface area contributed by atoms with Crippen LogP contribution in [0.4, 0.5) is 4.39 Å². The van der Waals surface area contributed by atoms with E-state index in [1.807, 2.05) is 6.92 Å². The summed E-state index contributed by atoms with van der Waals surface area (Å²) < 4.78 is 29.3. The summed E-state index contributed by atoms with van der Waals surface area (Å²) in [7, 11) is 1.41. The monoisotopic (exact) mass is 470 g/mol. The highest BCUT2D eigenvalue weighted by molar-refractivity contribution is 6.31. The highest BCUT2D eigenvalue weighted by Crippen LogP contribution is 2.28. The number of rotatable bonds is 8. The molecule has 0 aromatic heterocycles. The van der Waals surface area contributed by atoms with Crippen molar-refractivity contribution in [1.29, 1.82) is 0 Å². The Morgan fingerprint density at radius 1 is 1.09 bits per heavy atom. The summed E-state index contributed by atoms with van der Waals surface area (Å²) in [6.07, 6.45) is 1.39. The SMILES string of the molecule is COc1cc(/C=N\NC(=O)COc2ccc(Cl)c(C)c2)ccc1OC(=O)c1cccc(F)c1. The van der Waals surface area contributed by atoms with Gasteiger partial charge in [0.2, 0.25) is 0 Å². The number of esters is 1. The second kappa shape index (κ2) is 11.1. The molecule has 1 N–H and O–H groups in total. The van der Waals surface area contributed by atoms with Gasteiger partial charge in [-0.15, -0.1) is 0 Å². The third-order valence-corrected chi connectivity index (χ3v) is 4.78. The number of carbonyl (C=O) groups is 2. The lowest BCUT2D eigenvalue weighted by Gasteiger charge is -2.10. The molecule has 33 heavy (non-hydrogen) atoms. The van der Waals surface area contributed by atoms with Crippen molar-refractivity contribution in [2.45, 2.75) is 6.92 Å². The van der Waals surface area contributed by atoms with Gasteiger partial charge < -0.3 is 14.2 Å². The summed E-state index contributed by atoms with van der Waals surface area (Å²) in [5.74, 6) is -0.789. The van der Waals surface area contributed by atoms with Crippen LogP contribution in [0.15, 0.2) is 65.8 Å². The molecule has 0 heterocycles. The fourth-order valence-electron chi connectivity index (χ4n) is 2.69. The molecule has 3 aromatic carbocycles. The molecule has 170 valence electrons. The highest BCUT2D eigenvalue weighted by Gasteiger charge is 2.13. The molecule has 0 aliphatic heterocycles. The number of methoxy groups -OCH3 is 1. The molecule has 0 radical (unpaired) electrons. The van der Waals surface area contributed by atoms with Gasteiger partial charge in [0.15, 0.2) is 18.1 Å². The molecule has 0 aliphatic rings. The smallest absolute Gasteiger partial charge is 0.343 e. The van der Waals surface area contributed by atoms with Crippen LogP contribution in [0.25, 0.3) is 0 Å². The zero-order valence-corrected chi connectivity index (χ0v) is 18.6. The number of ether oxygens (including phenoxy) is 3. The summed E-state index contributed by atoms with van der Waals surface area (Å²) in [5.41, 5.74) is 3.84. The third kappa shape index (κ3) is 6.78. The van der Waals surface area contributed by atoms with Crippen molar-refractivity contribution in [3.63, 3.8) is 0 Å². The number of amides is 1. The van der Waals surface area contributed by atoms with E-state index in [1.54, 1.807) is 30.3 Å². The first-order valence-electron chi connectivity index (χ1n) is 9.72. The van der Waals surface area contributed by atoms with Crippen molar-refractivity contribution in [3.8, 4) is 17.2 Å². The fraction of sp³-hybridized carbons (Fsp3) is 0.125. The lowest BCUT2D eigenvalue weighted by Crippen LogP contribution is -2.24. The summed E-state index contributed by atoms with van der Waals surface area (Å²) in [4.78, 5) is 24.2. The molecule has 0 spiro atoms. The van der Waals surface area contributed by atoms with Crippen LogP contribution in [-0.2, 0) is 4.79 Å². The minimum absolute atomic E-state index is 0.0707. The van der Waals surface area contributed by atoms with E-state index in [-0.39, 0.29) is 23.7 Å². The Balaban J connectivity index is 1.56. The van der Waals surface area contributed by atoms with Crippen LogP contribution < -0.4 is 19.6 Å². The number of carbonyl (C=O) groups excluding carboxylic acids is 2. The number of halogens is 2. The van der Waals surface area contributed by atoms with Gasteiger partial charge in [-0.05, 0) is 72.6 Å². The summed E-state index contributed by atoms with van der Waals surface area (Å²) in [6.45, 7) is 1.61. The Labute approximate surface area is 194 Å². The average molecular weight is 471 g/mol. The lowest BCUT2D eigenvalue weighted by atomic mass is 10.2. The van der Waals surface area contributed by atoms with Crippen LogP contribution in [0.3, 0.4) is 0 Å². The summed E-state index contributed by atoms with van der Waals surface area (Å²) >= 11 is 5.96. The molecule has 0 saturated heterocycles. The van der Waals surface area contributed by atoms with Gasteiger partial charge in [0, 0.05) is 5.02 Å². The van der Waals surface area contributed by atoms with E-state index in [0.717, 1.165) is 11.6 Å². The largest absolute Gasteiger partial charge is 0.493 e. The summed E-state index contributed by atoms with van der Waals surface area (Å²) in [5, 5.41) is 4.49. The van der Waals surface area contributed by atoms with E-state index in [1.165, 1.54) is 37.6 Å². The normalized spacial score (nSPS) is 10.7. The standard InChI is InChI=1S/C24H20ClFN2O5/c1-15-10-19(7-8-20(15)25)32-14-23(29)28-27-13-16-6-9-21(22(11-16)31-2)33-24(30)17-4-3-5-18(26)12-17/h3-13H,14H2,1-2H3,(H,28,29)/b27-13-. The first-order chi connectivity index (χ1) is 15.9. The van der Waals surface area contributed by atoms with E-state index in [4.69, 9.17) is 25.8 Å². The first kappa shape index (κ1) is 23.7.